The van der Waals surface area contributed by atoms with E-state index < -0.39 is 0 Å². The highest BCUT2D eigenvalue weighted by Crippen LogP contribution is 2.25. The summed E-state index contributed by atoms with van der Waals surface area (Å²) in [7, 11) is 3.67. The summed E-state index contributed by atoms with van der Waals surface area (Å²) in [6.07, 6.45) is 8.51. The Labute approximate surface area is 239 Å². The van der Waals surface area contributed by atoms with Gasteiger partial charge in [-0.25, -0.2) is 4.98 Å². The van der Waals surface area contributed by atoms with E-state index in [2.05, 4.69) is 42.7 Å². The number of nitrogens with zero attached hydrogens (tertiary/aromatic N) is 4. The van der Waals surface area contributed by atoms with Crippen molar-refractivity contribution in [2.45, 2.75) is 38.1 Å². The van der Waals surface area contributed by atoms with Gasteiger partial charge in [-0.2, -0.15) is 5.10 Å². The van der Waals surface area contributed by atoms with Crippen molar-refractivity contribution in [2.75, 3.05) is 56.3 Å². The molecule has 214 valence electrons. The first-order valence-electron chi connectivity index (χ1n) is 13.5. The molecule has 3 heterocycles. The largest absolute Gasteiger partial charge is 0.481 e. The van der Waals surface area contributed by atoms with Gasteiger partial charge in [0.1, 0.15) is 0 Å². The molecular weight excluding hydrogens is 532 g/mol. The predicted octanol–water partition coefficient (Wildman–Crippen LogP) is 3.80. The molecule has 5 N–H and O–H groups in total. The van der Waals surface area contributed by atoms with Gasteiger partial charge in [0.05, 0.1) is 24.7 Å². The second-order valence-corrected chi connectivity index (χ2v) is 10.5. The molecule has 0 spiro atoms. The number of nitrogens with one attached hydrogen (secondary N) is 3. The molecule has 0 unspecified atom stereocenters. The van der Waals surface area contributed by atoms with Crippen LogP contribution in [0.3, 0.4) is 0 Å². The molecule has 5 rings (SSSR count). The van der Waals surface area contributed by atoms with Crippen molar-refractivity contribution in [1.29, 1.82) is 0 Å². The Morgan fingerprint density at radius 1 is 1.07 bits per heavy atom. The van der Waals surface area contributed by atoms with E-state index in [0.717, 1.165) is 57.5 Å². The van der Waals surface area contributed by atoms with E-state index in [0.29, 0.717) is 27.8 Å². The van der Waals surface area contributed by atoms with Crippen LogP contribution in [0, 0.1) is 0 Å². The first-order chi connectivity index (χ1) is 19.3. The molecule has 3 aromatic rings. The maximum absolute atomic E-state index is 12.9. The predicted molar refractivity (Wildman–Crippen MR) is 157 cm³/mol. The van der Waals surface area contributed by atoms with Crippen LogP contribution in [0.25, 0.3) is 0 Å². The van der Waals surface area contributed by atoms with Crippen molar-refractivity contribution < 1.29 is 14.3 Å². The van der Waals surface area contributed by atoms with Crippen molar-refractivity contribution in [3.8, 4) is 5.88 Å². The molecule has 2 amide bonds. The third-order valence-corrected chi connectivity index (χ3v) is 7.24. The van der Waals surface area contributed by atoms with Gasteiger partial charge < -0.3 is 30.9 Å². The lowest BCUT2D eigenvalue weighted by molar-refractivity contribution is 0.0923. The molecule has 40 heavy (non-hydrogen) atoms. The molecule has 1 saturated carbocycles. The number of likely N-dealkylation sites (N-methyl/N-ethyl adjacent to an activating group) is 1. The fourth-order valence-corrected chi connectivity index (χ4v) is 4.95. The molecule has 0 atom stereocenters. The van der Waals surface area contributed by atoms with Crippen LogP contribution in [0.4, 0.5) is 17.1 Å². The lowest BCUT2D eigenvalue weighted by atomic mass is 9.95. The zero-order valence-corrected chi connectivity index (χ0v) is 23.7. The number of carbonyl (C=O) groups is 2. The quantitative estimate of drug-likeness (QED) is 0.352. The number of piperazine rings is 1. The monoisotopic (exact) mass is 568 g/mol. The molecule has 12 heteroatoms. The normalized spacial score (nSPS) is 16.0. The Morgan fingerprint density at radius 3 is 2.50 bits per heavy atom. The van der Waals surface area contributed by atoms with E-state index in [4.69, 9.17) is 22.1 Å². The number of hydrogen-bond donors (Lipinski definition) is 4. The molecule has 1 aromatic carbocycles. The Bertz CT molecular complexity index is 1270. The zero-order valence-electron chi connectivity index (χ0n) is 23.0. The molecule has 2 aliphatic rings. The summed E-state index contributed by atoms with van der Waals surface area (Å²) in [6.45, 7) is 3.68. The second kappa shape index (κ2) is 14.0. The number of aromatic amines is 1. The highest BCUT2D eigenvalue weighted by molar-refractivity contribution is 6.31. The Hall–Kier alpha value is -3.83. The maximum atomic E-state index is 12.9. The lowest BCUT2D eigenvalue weighted by Crippen LogP contribution is -2.44. The van der Waals surface area contributed by atoms with Gasteiger partial charge in [0.15, 0.2) is 5.69 Å². The molecular formula is C28H37ClN8O3. The van der Waals surface area contributed by atoms with Gasteiger partial charge in [0.25, 0.3) is 11.8 Å². The van der Waals surface area contributed by atoms with Crippen molar-refractivity contribution in [3.05, 3.63) is 59.0 Å². The summed E-state index contributed by atoms with van der Waals surface area (Å²) in [5.41, 5.74) is 7.94. The number of ether oxygens (including phenoxy) is 1. The van der Waals surface area contributed by atoms with Crippen LogP contribution in [0.15, 0.2) is 42.7 Å². The summed E-state index contributed by atoms with van der Waals surface area (Å²) >= 11 is 6.31. The van der Waals surface area contributed by atoms with Crippen LogP contribution in [0.1, 0.15) is 53.0 Å². The van der Waals surface area contributed by atoms with Crippen LogP contribution in [0.5, 0.6) is 5.88 Å². The molecule has 0 radical (unpaired) electrons. The van der Waals surface area contributed by atoms with E-state index in [1.165, 1.54) is 12.6 Å². The minimum Gasteiger partial charge on any atom is -0.481 e. The number of rotatable bonds is 6. The van der Waals surface area contributed by atoms with Crippen LogP contribution in [0.2, 0.25) is 5.02 Å². The summed E-state index contributed by atoms with van der Waals surface area (Å²) in [5, 5.41) is 13.1. The second-order valence-electron chi connectivity index (χ2n) is 10.0. The fourth-order valence-electron chi connectivity index (χ4n) is 4.72. The molecule has 2 fully saturated rings. The van der Waals surface area contributed by atoms with Gasteiger partial charge in [-0.3, -0.25) is 14.7 Å². The average molecular weight is 569 g/mol. The minimum atomic E-state index is -0.328. The molecule has 2 aromatic heterocycles. The number of pyridine rings is 1. The Balaban J connectivity index is 0.000000350. The van der Waals surface area contributed by atoms with Crippen LogP contribution < -0.4 is 26.0 Å². The van der Waals surface area contributed by atoms with Crippen molar-refractivity contribution in [3.63, 3.8) is 0 Å². The smallest absolute Gasteiger partial charge is 0.274 e. The highest BCUT2D eigenvalue weighted by Gasteiger charge is 2.22. The maximum Gasteiger partial charge on any atom is 0.274 e. The topological polar surface area (TPSA) is 142 Å². The number of aromatic nitrogens is 3. The van der Waals surface area contributed by atoms with Crippen molar-refractivity contribution in [2.24, 2.45) is 0 Å². The standard InChI is InChI=1S/C22H29ClN6O2.C6H8N2O/c1-28-7-9-29(10-8-28)18-12-15(11-16(23)13-18)21(30)26-19-14-24-27-20(19)22(31)25-17-5-3-2-4-6-17;1-9-6-3-2-5(7)4-8-6/h11-14,17H,2-10H2,1H3,(H,24,27)(H,25,31)(H,26,30);2-4H,7H2,1H3. The summed E-state index contributed by atoms with van der Waals surface area (Å²) in [4.78, 5) is 34.0. The third-order valence-electron chi connectivity index (χ3n) is 7.03. The molecule has 1 saturated heterocycles. The lowest BCUT2D eigenvalue weighted by Gasteiger charge is -2.34. The Morgan fingerprint density at radius 2 is 1.82 bits per heavy atom. The van der Waals surface area contributed by atoms with E-state index in [9.17, 15) is 9.59 Å². The molecule has 0 bridgehead atoms. The fraction of sp³-hybridized carbons (Fsp3) is 0.429. The van der Waals surface area contributed by atoms with E-state index in [-0.39, 0.29) is 23.6 Å². The number of hydrogen-bond acceptors (Lipinski definition) is 8. The van der Waals surface area contributed by atoms with Crippen LogP contribution in [-0.2, 0) is 0 Å². The SMILES string of the molecule is CN1CCN(c2cc(Cl)cc(C(=O)Nc3c[nH]nc3C(=O)NC3CCCCC3)c2)CC1.COc1ccc(N)cn1. The van der Waals surface area contributed by atoms with Gasteiger partial charge in [-0.1, -0.05) is 30.9 Å². The summed E-state index contributed by atoms with van der Waals surface area (Å²) < 4.78 is 4.80. The van der Waals surface area contributed by atoms with Crippen molar-refractivity contribution in [1.82, 2.24) is 25.4 Å². The highest BCUT2D eigenvalue weighted by atomic mass is 35.5. The van der Waals surface area contributed by atoms with Crippen molar-refractivity contribution >= 4 is 40.5 Å². The number of amides is 2. The number of benzene rings is 1. The van der Waals surface area contributed by atoms with Gasteiger partial charge >= 0.3 is 0 Å². The van der Waals surface area contributed by atoms with Gasteiger partial charge in [-0.15, -0.1) is 0 Å². The van der Waals surface area contributed by atoms with E-state index >= 15 is 0 Å². The van der Waals surface area contributed by atoms with E-state index in [1.54, 1.807) is 31.5 Å². The van der Waals surface area contributed by atoms with Gasteiger partial charge in [-0.05, 0) is 44.2 Å². The van der Waals surface area contributed by atoms with Gasteiger partial charge in [0.2, 0.25) is 5.88 Å². The van der Waals surface area contributed by atoms with Gasteiger partial charge in [0, 0.05) is 60.8 Å². The number of nitrogen functional groups attached to an aromatic ring is 1. The summed E-state index contributed by atoms with van der Waals surface area (Å²) in [6, 6.07) is 8.99. The van der Waals surface area contributed by atoms with E-state index in [1.807, 2.05) is 12.1 Å². The Kier molecular flexibility index (Phi) is 10.2. The number of anilines is 3. The number of halogens is 1. The zero-order chi connectivity index (χ0) is 28.5. The third kappa shape index (κ3) is 8.09. The number of methoxy groups -OCH3 is 1. The average Bonchev–Trinajstić information content (AvgIpc) is 3.43. The molecule has 11 nitrogen and oxygen atoms in total. The number of nitrogens with two attached hydrogens (primary N) is 1. The molecule has 1 aliphatic heterocycles. The first-order valence-corrected chi connectivity index (χ1v) is 13.9. The number of carbonyl (C=O) groups excluding carboxylic acids is 2. The molecule has 1 aliphatic carbocycles. The first kappa shape index (κ1) is 29.2. The number of H-pyrrole nitrogens is 1. The summed E-state index contributed by atoms with van der Waals surface area (Å²) in [5.74, 6) is -0.0112. The van der Waals surface area contributed by atoms with Crippen LogP contribution >= 0.6 is 11.6 Å². The minimum absolute atomic E-state index is 0.167. The van der Waals surface area contributed by atoms with Crippen LogP contribution in [-0.4, -0.2) is 78.3 Å².